The molecule has 2 atom stereocenters. The van der Waals surface area contributed by atoms with E-state index >= 15 is 0 Å². The van der Waals surface area contributed by atoms with Crippen LogP contribution in [0.25, 0.3) is 0 Å². The Morgan fingerprint density at radius 1 is 1.32 bits per heavy atom. The Kier molecular flexibility index (Phi) is 7.74. The molecule has 0 aromatic heterocycles. The third kappa shape index (κ3) is 4.91. The van der Waals surface area contributed by atoms with Gasteiger partial charge in [-0.3, -0.25) is 4.99 Å². The topological polar surface area (TPSA) is 89.1 Å². The van der Waals surface area contributed by atoms with Gasteiger partial charge in [0.1, 0.15) is 0 Å². The SMILES string of the molecule is COc1ccc(NC(N)=NCC2CCCC2O)cc1OC.I. The van der Waals surface area contributed by atoms with Gasteiger partial charge in [-0.05, 0) is 25.0 Å². The van der Waals surface area contributed by atoms with Crippen molar-refractivity contribution in [1.29, 1.82) is 0 Å². The molecule has 124 valence electrons. The Hall–Kier alpha value is -1.22. The first kappa shape index (κ1) is 18.8. The van der Waals surface area contributed by atoms with E-state index in [2.05, 4.69) is 10.3 Å². The second-order valence-corrected chi connectivity index (χ2v) is 5.18. The van der Waals surface area contributed by atoms with E-state index < -0.39 is 0 Å². The number of anilines is 1. The average Bonchev–Trinajstić information content (AvgIpc) is 2.90. The van der Waals surface area contributed by atoms with Crippen molar-refractivity contribution in [3.05, 3.63) is 18.2 Å². The second kappa shape index (κ2) is 9.04. The van der Waals surface area contributed by atoms with Crippen molar-refractivity contribution < 1.29 is 14.6 Å². The maximum atomic E-state index is 9.76. The van der Waals surface area contributed by atoms with E-state index in [0.29, 0.717) is 24.0 Å². The summed E-state index contributed by atoms with van der Waals surface area (Å²) in [4.78, 5) is 4.30. The molecule has 22 heavy (non-hydrogen) atoms. The Bertz CT molecular complexity index is 511. The van der Waals surface area contributed by atoms with Gasteiger partial charge in [0.05, 0.1) is 20.3 Å². The summed E-state index contributed by atoms with van der Waals surface area (Å²) in [5.41, 5.74) is 6.66. The van der Waals surface area contributed by atoms with Crippen molar-refractivity contribution >= 4 is 35.6 Å². The maximum Gasteiger partial charge on any atom is 0.193 e. The monoisotopic (exact) mass is 421 g/mol. The number of halogens is 1. The molecule has 1 aliphatic carbocycles. The summed E-state index contributed by atoms with van der Waals surface area (Å²) in [6, 6.07) is 5.44. The number of aliphatic hydroxyl groups is 1. The number of hydrogen-bond donors (Lipinski definition) is 3. The smallest absolute Gasteiger partial charge is 0.193 e. The van der Waals surface area contributed by atoms with Crippen LogP contribution in [0.5, 0.6) is 11.5 Å². The minimum absolute atomic E-state index is 0. The van der Waals surface area contributed by atoms with E-state index in [1.807, 2.05) is 6.07 Å². The van der Waals surface area contributed by atoms with E-state index in [-0.39, 0.29) is 36.0 Å². The molecule has 0 radical (unpaired) electrons. The third-order valence-corrected chi connectivity index (χ3v) is 3.77. The highest BCUT2D eigenvalue weighted by Gasteiger charge is 2.24. The fourth-order valence-corrected chi connectivity index (χ4v) is 2.55. The zero-order valence-corrected chi connectivity index (χ0v) is 15.2. The zero-order valence-electron chi connectivity index (χ0n) is 12.9. The molecular formula is C15H24IN3O3. The first-order valence-electron chi connectivity index (χ1n) is 7.11. The van der Waals surface area contributed by atoms with Crippen molar-refractivity contribution in [3.63, 3.8) is 0 Å². The highest BCUT2D eigenvalue weighted by atomic mass is 127. The van der Waals surface area contributed by atoms with Crippen molar-refractivity contribution in [1.82, 2.24) is 0 Å². The van der Waals surface area contributed by atoms with Gasteiger partial charge in [0.25, 0.3) is 0 Å². The molecule has 2 unspecified atom stereocenters. The molecule has 1 fully saturated rings. The number of methoxy groups -OCH3 is 2. The predicted octanol–water partition coefficient (Wildman–Crippen LogP) is 2.21. The predicted molar refractivity (Wildman–Crippen MR) is 98.4 cm³/mol. The quantitative estimate of drug-likeness (QED) is 0.386. The largest absolute Gasteiger partial charge is 0.493 e. The van der Waals surface area contributed by atoms with E-state index in [9.17, 15) is 5.11 Å². The van der Waals surface area contributed by atoms with Crippen LogP contribution >= 0.6 is 24.0 Å². The lowest BCUT2D eigenvalue weighted by Crippen LogP contribution is -2.25. The molecule has 0 amide bonds. The van der Waals surface area contributed by atoms with Crippen LogP contribution < -0.4 is 20.5 Å². The van der Waals surface area contributed by atoms with Gasteiger partial charge in [-0.1, -0.05) is 6.42 Å². The molecule has 1 aromatic rings. The van der Waals surface area contributed by atoms with Gasteiger partial charge in [-0.2, -0.15) is 0 Å². The Morgan fingerprint density at radius 3 is 2.64 bits per heavy atom. The normalized spacial score (nSPS) is 21.1. The first-order valence-corrected chi connectivity index (χ1v) is 7.11. The number of rotatable bonds is 5. The molecule has 1 saturated carbocycles. The number of ether oxygens (including phenoxy) is 2. The minimum Gasteiger partial charge on any atom is -0.493 e. The lowest BCUT2D eigenvalue weighted by Gasteiger charge is -2.13. The number of hydrogen-bond acceptors (Lipinski definition) is 4. The molecule has 0 aliphatic heterocycles. The summed E-state index contributed by atoms with van der Waals surface area (Å²) < 4.78 is 10.4. The summed E-state index contributed by atoms with van der Waals surface area (Å²) >= 11 is 0. The highest BCUT2D eigenvalue weighted by Crippen LogP contribution is 2.29. The van der Waals surface area contributed by atoms with Crippen LogP contribution in [0.2, 0.25) is 0 Å². The number of nitrogens with one attached hydrogen (secondary N) is 1. The lowest BCUT2D eigenvalue weighted by molar-refractivity contribution is 0.137. The van der Waals surface area contributed by atoms with Gasteiger partial charge in [-0.25, -0.2) is 0 Å². The van der Waals surface area contributed by atoms with Crippen LogP contribution in [0.1, 0.15) is 19.3 Å². The van der Waals surface area contributed by atoms with E-state index in [0.717, 1.165) is 24.9 Å². The molecule has 0 spiro atoms. The van der Waals surface area contributed by atoms with Gasteiger partial charge in [0, 0.05) is 24.2 Å². The van der Waals surface area contributed by atoms with Crippen LogP contribution in [0.15, 0.2) is 23.2 Å². The van der Waals surface area contributed by atoms with Crippen LogP contribution in [-0.4, -0.2) is 37.9 Å². The molecule has 0 saturated heterocycles. The van der Waals surface area contributed by atoms with Crippen molar-refractivity contribution in [3.8, 4) is 11.5 Å². The maximum absolute atomic E-state index is 9.76. The first-order chi connectivity index (χ1) is 10.1. The molecule has 2 rings (SSSR count). The number of benzene rings is 1. The van der Waals surface area contributed by atoms with Gasteiger partial charge >= 0.3 is 0 Å². The summed E-state index contributed by atoms with van der Waals surface area (Å²) in [6.07, 6.45) is 2.68. The summed E-state index contributed by atoms with van der Waals surface area (Å²) in [6.45, 7) is 0.549. The lowest BCUT2D eigenvalue weighted by atomic mass is 10.1. The standard InChI is InChI=1S/C15H23N3O3.HI/c1-20-13-7-6-11(8-14(13)21-2)18-15(16)17-9-10-4-3-5-12(10)19;/h6-8,10,12,19H,3-5,9H2,1-2H3,(H3,16,17,18);1H. The Labute approximate surface area is 148 Å². The fraction of sp³-hybridized carbons (Fsp3) is 0.533. The molecule has 0 bridgehead atoms. The summed E-state index contributed by atoms with van der Waals surface area (Å²) in [5.74, 6) is 1.84. The highest BCUT2D eigenvalue weighted by molar-refractivity contribution is 14.0. The minimum atomic E-state index is -0.248. The molecule has 1 aromatic carbocycles. The molecule has 0 heterocycles. The van der Waals surface area contributed by atoms with Crippen LogP contribution in [-0.2, 0) is 0 Å². The number of nitrogens with two attached hydrogens (primary N) is 1. The molecule has 6 nitrogen and oxygen atoms in total. The van der Waals surface area contributed by atoms with Gasteiger partial charge < -0.3 is 25.6 Å². The van der Waals surface area contributed by atoms with Crippen LogP contribution in [0.4, 0.5) is 5.69 Å². The summed E-state index contributed by atoms with van der Waals surface area (Å²) in [5, 5.41) is 12.8. The third-order valence-electron chi connectivity index (χ3n) is 3.77. The Morgan fingerprint density at radius 2 is 2.05 bits per heavy atom. The van der Waals surface area contributed by atoms with Crippen LogP contribution in [0.3, 0.4) is 0 Å². The van der Waals surface area contributed by atoms with Gasteiger partial charge in [0.15, 0.2) is 17.5 Å². The average molecular weight is 421 g/mol. The number of aliphatic hydroxyl groups excluding tert-OH is 1. The van der Waals surface area contributed by atoms with E-state index in [4.69, 9.17) is 15.2 Å². The van der Waals surface area contributed by atoms with Crippen molar-refractivity contribution in [2.45, 2.75) is 25.4 Å². The zero-order chi connectivity index (χ0) is 15.2. The van der Waals surface area contributed by atoms with Gasteiger partial charge in [-0.15, -0.1) is 24.0 Å². The van der Waals surface area contributed by atoms with E-state index in [1.165, 1.54) is 0 Å². The Balaban J connectivity index is 0.00000242. The van der Waals surface area contributed by atoms with Gasteiger partial charge in [0.2, 0.25) is 0 Å². The molecule has 4 N–H and O–H groups in total. The fourth-order valence-electron chi connectivity index (χ4n) is 2.55. The molecule has 7 heteroatoms. The summed E-state index contributed by atoms with van der Waals surface area (Å²) in [7, 11) is 3.17. The van der Waals surface area contributed by atoms with Crippen molar-refractivity contribution in [2.24, 2.45) is 16.6 Å². The second-order valence-electron chi connectivity index (χ2n) is 5.18. The molecule has 1 aliphatic rings. The number of guanidine groups is 1. The number of nitrogens with zero attached hydrogens (tertiary/aromatic N) is 1. The van der Waals surface area contributed by atoms with E-state index in [1.54, 1.807) is 26.4 Å². The number of aliphatic imine (C=N–C) groups is 1. The molecular weight excluding hydrogens is 397 g/mol. The van der Waals surface area contributed by atoms with Crippen molar-refractivity contribution in [2.75, 3.05) is 26.1 Å². The van der Waals surface area contributed by atoms with Crippen LogP contribution in [0, 0.1) is 5.92 Å².